The van der Waals surface area contributed by atoms with Crippen LogP contribution in [-0.4, -0.2) is 5.16 Å². The van der Waals surface area contributed by atoms with Gasteiger partial charge in [-0.15, -0.1) is 0 Å². The molecule has 0 atom stereocenters. The van der Waals surface area contributed by atoms with Crippen LogP contribution in [0.3, 0.4) is 0 Å². The molecule has 0 saturated heterocycles. The van der Waals surface area contributed by atoms with Gasteiger partial charge in [0, 0.05) is 5.56 Å². The van der Waals surface area contributed by atoms with Crippen LogP contribution < -0.4 is 5.73 Å². The van der Waals surface area contributed by atoms with Crippen molar-refractivity contribution in [3.63, 3.8) is 0 Å². The summed E-state index contributed by atoms with van der Waals surface area (Å²) < 4.78 is 5.54. The number of nitrogens with zero attached hydrogens (tertiary/aromatic N) is 1. The maximum Gasteiger partial charge on any atom is 0.177 e. The first kappa shape index (κ1) is 13.4. The van der Waals surface area contributed by atoms with Crippen LogP contribution in [0.1, 0.15) is 16.7 Å². The molecule has 3 nitrogen and oxygen atoms in total. The normalized spacial score (nSPS) is 10.8. The zero-order valence-corrected chi connectivity index (χ0v) is 12.5. The van der Waals surface area contributed by atoms with E-state index in [9.17, 15) is 0 Å². The Bertz CT molecular complexity index is 803. The van der Waals surface area contributed by atoms with Gasteiger partial charge in [-0.3, -0.25) is 0 Å². The van der Waals surface area contributed by atoms with Gasteiger partial charge >= 0.3 is 0 Å². The topological polar surface area (TPSA) is 52.0 Å². The predicted molar refractivity (Wildman–Crippen MR) is 86.0 cm³/mol. The van der Waals surface area contributed by atoms with Crippen molar-refractivity contribution in [2.24, 2.45) is 0 Å². The Morgan fingerprint density at radius 1 is 1.00 bits per heavy atom. The zero-order chi connectivity index (χ0) is 15.0. The summed E-state index contributed by atoms with van der Waals surface area (Å²) in [5, 5.41) is 3.97. The molecule has 2 aromatic carbocycles. The zero-order valence-electron chi connectivity index (χ0n) is 12.5. The number of nitrogen functional groups attached to an aromatic ring is 1. The molecule has 0 amide bonds. The lowest BCUT2D eigenvalue weighted by molar-refractivity contribution is 0.436. The number of aryl methyl sites for hydroxylation is 2. The van der Waals surface area contributed by atoms with Crippen LogP contribution in [0.15, 0.2) is 47.0 Å². The molecule has 106 valence electrons. The molecule has 21 heavy (non-hydrogen) atoms. The Balaban J connectivity index is 2.24. The minimum atomic E-state index is 0.427. The standard InChI is InChI=1S/C18H18N2O/c1-11-6-4-8-14(10-11)16-17(21-20-18(16)19)15-9-5-7-12(2)13(15)3/h4-10H,1-3H3,(H2,19,20). The molecule has 0 aliphatic carbocycles. The first-order chi connectivity index (χ1) is 10.1. The van der Waals surface area contributed by atoms with Crippen LogP contribution in [0.4, 0.5) is 5.82 Å². The molecule has 1 heterocycles. The third-order valence-corrected chi connectivity index (χ3v) is 3.87. The minimum absolute atomic E-state index is 0.427. The van der Waals surface area contributed by atoms with Gasteiger partial charge in [0.25, 0.3) is 0 Å². The number of hydrogen-bond donors (Lipinski definition) is 1. The summed E-state index contributed by atoms with van der Waals surface area (Å²) in [5.41, 5.74) is 12.6. The highest BCUT2D eigenvalue weighted by Crippen LogP contribution is 2.38. The first-order valence-electron chi connectivity index (χ1n) is 6.96. The van der Waals surface area contributed by atoms with Gasteiger partial charge in [-0.1, -0.05) is 53.2 Å². The van der Waals surface area contributed by atoms with Crippen molar-refractivity contribution in [3.05, 3.63) is 59.2 Å². The van der Waals surface area contributed by atoms with Gasteiger partial charge in [-0.2, -0.15) is 0 Å². The predicted octanol–water partition coefficient (Wildman–Crippen LogP) is 4.52. The lowest BCUT2D eigenvalue weighted by Gasteiger charge is -2.08. The maximum absolute atomic E-state index is 6.04. The van der Waals surface area contributed by atoms with Gasteiger partial charge < -0.3 is 10.3 Å². The third kappa shape index (κ3) is 2.31. The number of aromatic nitrogens is 1. The molecule has 0 aliphatic heterocycles. The molecule has 0 bridgehead atoms. The first-order valence-corrected chi connectivity index (χ1v) is 6.96. The van der Waals surface area contributed by atoms with Crippen molar-refractivity contribution < 1.29 is 4.52 Å². The summed E-state index contributed by atoms with van der Waals surface area (Å²) in [7, 11) is 0. The molecule has 0 radical (unpaired) electrons. The van der Waals surface area contributed by atoms with E-state index in [0.717, 1.165) is 22.5 Å². The molecule has 3 aromatic rings. The van der Waals surface area contributed by atoms with Crippen LogP contribution in [0.5, 0.6) is 0 Å². The summed E-state index contributed by atoms with van der Waals surface area (Å²) in [5.74, 6) is 1.16. The molecule has 0 aliphatic rings. The van der Waals surface area contributed by atoms with Gasteiger partial charge in [0.1, 0.15) is 0 Å². The van der Waals surface area contributed by atoms with Crippen LogP contribution >= 0.6 is 0 Å². The van der Waals surface area contributed by atoms with Gasteiger partial charge in [0.15, 0.2) is 11.6 Å². The number of hydrogen-bond acceptors (Lipinski definition) is 3. The van der Waals surface area contributed by atoms with Gasteiger partial charge in [-0.05, 0) is 37.5 Å². The number of nitrogens with two attached hydrogens (primary N) is 1. The lowest BCUT2D eigenvalue weighted by atomic mass is 9.96. The summed E-state index contributed by atoms with van der Waals surface area (Å²) in [6.07, 6.45) is 0. The van der Waals surface area contributed by atoms with Crippen LogP contribution in [0, 0.1) is 20.8 Å². The second-order valence-electron chi connectivity index (χ2n) is 5.39. The van der Waals surface area contributed by atoms with Crippen LogP contribution in [0.25, 0.3) is 22.5 Å². The van der Waals surface area contributed by atoms with E-state index >= 15 is 0 Å². The molecule has 0 unspecified atom stereocenters. The van der Waals surface area contributed by atoms with Crippen molar-refractivity contribution in [1.29, 1.82) is 0 Å². The average Bonchev–Trinajstić information content (AvgIpc) is 2.83. The van der Waals surface area contributed by atoms with Crippen molar-refractivity contribution >= 4 is 5.82 Å². The molecule has 2 N–H and O–H groups in total. The van der Waals surface area contributed by atoms with Crippen molar-refractivity contribution in [1.82, 2.24) is 5.16 Å². The van der Waals surface area contributed by atoms with E-state index in [1.54, 1.807) is 0 Å². The Morgan fingerprint density at radius 2 is 1.76 bits per heavy atom. The Kier molecular flexibility index (Phi) is 3.26. The highest BCUT2D eigenvalue weighted by Gasteiger charge is 2.19. The van der Waals surface area contributed by atoms with Crippen molar-refractivity contribution in [2.75, 3.05) is 5.73 Å². The van der Waals surface area contributed by atoms with E-state index in [-0.39, 0.29) is 0 Å². The quantitative estimate of drug-likeness (QED) is 0.750. The Hall–Kier alpha value is -2.55. The molecule has 3 rings (SSSR count). The maximum atomic E-state index is 6.04. The largest absolute Gasteiger partial charge is 0.380 e. The molecular weight excluding hydrogens is 260 g/mol. The Morgan fingerprint density at radius 3 is 2.52 bits per heavy atom. The van der Waals surface area contributed by atoms with Crippen molar-refractivity contribution in [3.8, 4) is 22.5 Å². The summed E-state index contributed by atoms with van der Waals surface area (Å²) >= 11 is 0. The van der Waals surface area contributed by atoms with Gasteiger partial charge in [0.05, 0.1) is 5.56 Å². The average molecular weight is 278 g/mol. The van der Waals surface area contributed by atoms with Gasteiger partial charge in [-0.25, -0.2) is 0 Å². The van der Waals surface area contributed by atoms with Gasteiger partial charge in [0.2, 0.25) is 0 Å². The van der Waals surface area contributed by atoms with E-state index in [1.165, 1.54) is 16.7 Å². The Labute approximate surface area is 124 Å². The van der Waals surface area contributed by atoms with E-state index in [1.807, 2.05) is 24.3 Å². The summed E-state index contributed by atoms with van der Waals surface area (Å²) in [6, 6.07) is 14.4. The second kappa shape index (κ2) is 5.09. The van der Waals surface area contributed by atoms with Crippen LogP contribution in [0.2, 0.25) is 0 Å². The summed E-state index contributed by atoms with van der Waals surface area (Å²) in [6.45, 7) is 6.24. The fourth-order valence-electron chi connectivity index (χ4n) is 2.56. The lowest BCUT2D eigenvalue weighted by Crippen LogP contribution is -1.91. The highest BCUT2D eigenvalue weighted by molar-refractivity contribution is 5.87. The second-order valence-corrected chi connectivity index (χ2v) is 5.39. The number of rotatable bonds is 2. The molecule has 0 spiro atoms. The minimum Gasteiger partial charge on any atom is -0.380 e. The monoisotopic (exact) mass is 278 g/mol. The van der Waals surface area contributed by atoms with E-state index < -0.39 is 0 Å². The third-order valence-electron chi connectivity index (χ3n) is 3.87. The van der Waals surface area contributed by atoms with E-state index in [2.05, 4.69) is 44.1 Å². The highest BCUT2D eigenvalue weighted by atomic mass is 16.5. The number of anilines is 1. The SMILES string of the molecule is Cc1cccc(-c2c(N)noc2-c2cccc(C)c2C)c1. The summed E-state index contributed by atoms with van der Waals surface area (Å²) in [4.78, 5) is 0. The van der Waals surface area contributed by atoms with E-state index in [0.29, 0.717) is 5.82 Å². The molecular formula is C18H18N2O. The molecule has 1 aromatic heterocycles. The number of benzene rings is 2. The van der Waals surface area contributed by atoms with Crippen molar-refractivity contribution in [2.45, 2.75) is 20.8 Å². The smallest absolute Gasteiger partial charge is 0.177 e. The van der Waals surface area contributed by atoms with Crippen LogP contribution in [-0.2, 0) is 0 Å². The van der Waals surface area contributed by atoms with E-state index in [4.69, 9.17) is 10.3 Å². The molecule has 0 fully saturated rings. The fourth-order valence-corrected chi connectivity index (χ4v) is 2.56. The molecule has 3 heteroatoms. The fraction of sp³-hybridized carbons (Fsp3) is 0.167. The molecule has 0 saturated carbocycles.